The van der Waals surface area contributed by atoms with Crippen LogP contribution in [-0.2, 0) is 11.2 Å². The predicted octanol–water partition coefficient (Wildman–Crippen LogP) is 2.83. The fraction of sp³-hybridized carbons (Fsp3) is 0.615. The first-order chi connectivity index (χ1) is 8.29. The average molecular weight is 236 g/mol. The second-order valence-corrected chi connectivity index (χ2v) is 4.21. The van der Waals surface area contributed by atoms with Crippen molar-refractivity contribution in [2.24, 2.45) is 0 Å². The van der Waals surface area contributed by atoms with Crippen LogP contribution in [0.1, 0.15) is 50.6 Å². The Morgan fingerprint density at radius 2 is 1.76 bits per heavy atom. The molecule has 4 nitrogen and oxygen atoms in total. The van der Waals surface area contributed by atoms with E-state index in [2.05, 4.69) is 9.97 Å². The summed E-state index contributed by atoms with van der Waals surface area (Å²) in [6.07, 6.45) is 13.0. The van der Waals surface area contributed by atoms with Gasteiger partial charge in [0, 0.05) is 25.0 Å². The Morgan fingerprint density at radius 1 is 1.06 bits per heavy atom. The molecule has 94 valence electrons. The summed E-state index contributed by atoms with van der Waals surface area (Å²) in [5.41, 5.74) is 1.05. The number of aryl methyl sites for hydroxylation is 1. The average Bonchev–Trinajstić information content (AvgIpc) is 2.33. The maximum absolute atomic E-state index is 10.3. The molecular weight excluding hydrogens is 216 g/mol. The summed E-state index contributed by atoms with van der Waals surface area (Å²) in [4.78, 5) is 18.5. The topological polar surface area (TPSA) is 63.1 Å². The molecule has 1 heterocycles. The summed E-state index contributed by atoms with van der Waals surface area (Å²) in [5, 5.41) is 8.47. The SMILES string of the molecule is O=C(O)CCCCCCCCc1cnccn1. The van der Waals surface area contributed by atoms with Gasteiger partial charge in [-0.3, -0.25) is 14.8 Å². The van der Waals surface area contributed by atoms with Crippen molar-refractivity contribution in [1.82, 2.24) is 9.97 Å². The van der Waals surface area contributed by atoms with E-state index in [9.17, 15) is 4.79 Å². The summed E-state index contributed by atoms with van der Waals surface area (Å²) in [5.74, 6) is -0.687. The predicted molar refractivity (Wildman–Crippen MR) is 65.7 cm³/mol. The van der Waals surface area contributed by atoms with Crippen molar-refractivity contribution in [3.63, 3.8) is 0 Å². The van der Waals surface area contributed by atoms with Gasteiger partial charge in [0.25, 0.3) is 0 Å². The molecule has 0 unspecified atom stereocenters. The molecule has 17 heavy (non-hydrogen) atoms. The molecule has 0 aliphatic rings. The molecular formula is C13H20N2O2. The molecule has 1 aromatic rings. The van der Waals surface area contributed by atoms with Crippen molar-refractivity contribution in [1.29, 1.82) is 0 Å². The van der Waals surface area contributed by atoms with Gasteiger partial charge in [-0.25, -0.2) is 0 Å². The Bertz CT molecular complexity index is 314. The fourth-order valence-corrected chi connectivity index (χ4v) is 1.75. The Hall–Kier alpha value is -1.45. The van der Waals surface area contributed by atoms with Gasteiger partial charge in [0.1, 0.15) is 0 Å². The summed E-state index contributed by atoms with van der Waals surface area (Å²) in [6.45, 7) is 0. The normalized spacial score (nSPS) is 10.4. The third kappa shape index (κ3) is 7.44. The Labute approximate surface area is 102 Å². The molecule has 0 saturated heterocycles. The van der Waals surface area contributed by atoms with Crippen molar-refractivity contribution >= 4 is 5.97 Å². The highest BCUT2D eigenvalue weighted by molar-refractivity contribution is 5.66. The number of aliphatic carboxylic acids is 1. The van der Waals surface area contributed by atoms with Crippen molar-refractivity contribution in [2.45, 2.75) is 51.4 Å². The number of carboxylic acid groups (broad SMARTS) is 1. The van der Waals surface area contributed by atoms with Gasteiger partial charge in [-0.1, -0.05) is 25.7 Å². The lowest BCUT2D eigenvalue weighted by molar-refractivity contribution is -0.137. The van der Waals surface area contributed by atoms with E-state index in [4.69, 9.17) is 5.11 Å². The highest BCUT2D eigenvalue weighted by Gasteiger charge is 1.97. The number of carbonyl (C=O) groups is 1. The zero-order valence-corrected chi connectivity index (χ0v) is 10.1. The summed E-state index contributed by atoms with van der Waals surface area (Å²) >= 11 is 0. The minimum atomic E-state index is -0.687. The first-order valence-electron chi connectivity index (χ1n) is 6.26. The summed E-state index contributed by atoms with van der Waals surface area (Å²) in [7, 11) is 0. The molecule has 0 aromatic carbocycles. The lowest BCUT2D eigenvalue weighted by atomic mass is 10.1. The Morgan fingerprint density at radius 3 is 2.41 bits per heavy atom. The number of nitrogens with zero attached hydrogens (tertiary/aromatic N) is 2. The Kier molecular flexibility index (Phi) is 6.95. The van der Waals surface area contributed by atoms with E-state index in [1.807, 2.05) is 6.20 Å². The lowest BCUT2D eigenvalue weighted by Gasteiger charge is -2.01. The summed E-state index contributed by atoms with van der Waals surface area (Å²) in [6, 6.07) is 0. The van der Waals surface area contributed by atoms with Crippen LogP contribution in [0.4, 0.5) is 0 Å². The molecule has 0 bridgehead atoms. The van der Waals surface area contributed by atoms with Crippen molar-refractivity contribution in [3.05, 3.63) is 24.3 Å². The maximum atomic E-state index is 10.3. The molecule has 0 spiro atoms. The van der Waals surface area contributed by atoms with Gasteiger partial charge in [0.05, 0.1) is 5.69 Å². The molecule has 0 amide bonds. The molecule has 0 aliphatic heterocycles. The minimum absolute atomic E-state index is 0.305. The highest BCUT2D eigenvalue weighted by atomic mass is 16.4. The number of aromatic nitrogens is 2. The van der Waals surface area contributed by atoms with E-state index in [-0.39, 0.29) is 0 Å². The number of hydrogen-bond acceptors (Lipinski definition) is 3. The van der Waals surface area contributed by atoms with Crippen molar-refractivity contribution in [3.8, 4) is 0 Å². The van der Waals surface area contributed by atoms with Crippen LogP contribution in [0.3, 0.4) is 0 Å². The largest absolute Gasteiger partial charge is 0.481 e. The third-order valence-corrected chi connectivity index (χ3v) is 2.69. The fourth-order valence-electron chi connectivity index (χ4n) is 1.75. The van der Waals surface area contributed by atoms with E-state index in [0.717, 1.165) is 37.8 Å². The number of hydrogen-bond donors (Lipinski definition) is 1. The van der Waals surface area contributed by atoms with Crippen LogP contribution in [-0.4, -0.2) is 21.0 Å². The smallest absolute Gasteiger partial charge is 0.303 e. The van der Waals surface area contributed by atoms with E-state index >= 15 is 0 Å². The van der Waals surface area contributed by atoms with Gasteiger partial charge in [0.2, 0.25) is 0 Å². The molecule has 0 atom stereocenters. The molecule has 0 aliphatic carbocycles. The molecule has 1 N–H and O–H groups in total. The van der Waals surface area contributed by atoms with Crippen LogP contribution in [0, 0.1) is 0 Å². The van der Waals surface area contributed by atoms with Gasteiger partial charge in [-0.15, -0.1) is 0 Å². The molecule has 4 heteroatoms. The third-order valence-electron chi connectivity index (χ3n) is 2.69. The number of unbranched alkanes of at least 4 members (excludes halogenated alkanes) is 5. The first kappa shape index (κ1) is 13.6. The second-order valence-electron chi connectivity index (χ2n) is 4.21. The first-order valence-corrected chi connectivity index (χ1v) is 6.26. The van der Waals surface area contributed by atoms with Crippen LogP contribution in [0.25, 0.3) is 0 Å². The van der Waals surface area contributed by atoms with E-state index in [0.29, 0.717) is 6.42 Å². The number of rotatable bonds is 9. The standard InChI is InChI=1S/C13H20N2O2/c16-13(17)8-6-4-2-1-3-5-7-12-11-14-9-10-15-12/h9-11H,1-8H2,(H,16,17). The minimum Gasteiger partial charge on any atom is -0.481 e. The van der Waals surface area contributed by atoms with Gasteiger partial charge < -0.3 is 5.11 Å². The van der Waals surface area contributed by atoms with Gasteiger partial charge >= 0.3 is 5.97 Å². The lowest BCUT2D eigenvalue weighted by Crippen LogP contribution is -1.94. The molecule has 0 radical (unpaired) electrons. The van der Waals surface area contributed by atoms with Gasteiger partial charge in [-0.2, -0.15) is 0 Å². The van der Waals surface area contributed by atoms with Crippen LogP contribution in [0.15, 0.2) is 18.6 Å². The Balaban J connectivity index is 1.90. The van der Waals surface area contributed by atoms with Crippen LogP contribution < -0.4 is 0 Å². The van der Waals surface area contributed by atoms with Crippen LogP contribution >= 0.6 is 0 Å². The number of carboxylic acids is 1. The zero-order valence-electron chi connectivity index (χ0n) is 10.1. The van der Waals surface area contributed by atoms with Crippen molar-refractivity contribution in [2.75, 3.05) is 0 Å². The monoisotopic (exact) mass is 236 g/mol. The molecule has 1 rings (SSSR count). The van der Waals surface area contributed by atoms with Crippen molar-refractivity contribution < 1.29 is 9.90 Å². The van der Waals surface area contributed by atoms with Crippen LogP contribution in [0.2, 0.25) is 0 Å². The molecule has 0 fully saturated rings. The van der Waals surface area contributed by atoms with Crippen LogP contribution in [0.5, 0.6) is 0 Å². The zero-order chi connectivity index (χ0) is 12.3. The second kappa shape index (κ2) is 8.67. The van der Waals surface area contributed by atoms with Gasteiger partial charge in [-0.05, 0) is 19.3 Å². The maximum Gasteiger partial charge on any atom is 0.303 e. The van der Waals surface area contributed by atoms with E-state index in [1.165, 1.54) is 12.8 Å². The summed E-state index contributed by atoms with van der Waals surface area (Å²) < 4.78 is 0. The van der Waals surface area contributed by atoms with Gasteiger partial charge in [0.15, 0.2) is 0 Å². The highest BCUT2D eigenvalue weighted by Crippen LogP contribution is 2.09. The van der Waals surface area contributed by atoms with E-state index < -0.39 is 5.97 Å². The van der Waals surface area contributed by atoms with E-state index in [1.54, 1.807) is 12.4 Å². The molecule has 0 saturated carbocycles. The molecule has 1 aromatic heterocycles. The quantitative estimate of drug-likeness (QED) is 0.670.